The molecule has 0 aliphatic heterocycles. The van der Waals surface area contributed by atoms with Gasteiger partial charge in [-0.05, 0) is 28.9 Å². The summed E-state index contributed by atoms with van der Waals surface area (Å²) in [5, 5.41) is 9.18. The average molecular weight is 248 g/mol. The highest BCUT2D eigenvalue weighted by molar-refractivity contribution is 9.10. The van der Waals surface area contributed by atoms with Gasteiger partial charge in [0.2, 0.25) is 0 Å². The van der Waals surface area contributed by atoms with Crippen LogP contribution in [0.2, 0.25) is 0 Å². The highest BCUT2D eigenvalue weighted by Crippen LogP contribution is 2.23. The Hall–Kier alpha value is -0.450. The van der Waals surface area contributed by atoms with Gasteiger partial charge in [-0.15, -0.1) is 0 Å². The van der Waals surface area contributed by atoms with Crippen molar-refractivity contribution in [2.24, 2.45) is 5.73 Å². The van der Waals surface area contributed by atoms with E-state index in [2.05, 4.69) is 15.9 Å². The number of aliphatic hydroxyl groups is 1. The lowest BCUT2D eigenvalue weighted by atomic mass is 10.0. The minimum Gasteiger partial charge on any atom is -0.391 e. The molecule has 0 radical (unpaired) electrons. The first kappa shape index (κ1) is 10.6. The molecular formula is C9H11BrFNO. The molecule has 0 fully saturated rings. The number of benzene rings is 1. The fraction of sp³-hybridized carbons (Fsp3) is 0.333. The lowest BCUT2D eigenvalue weighted by Crippen LogP contribution is -2.24. The second kappa shape index (κ2) is 4.17. The van der Waals surface area contributed by atoms with Crippen LogP contribution in [-0.4, -0.2) is 11.2 Å². The molecule has 1 rings (SSSR count). The Balaban J connectivity index is 3.07. The van der Waals surface area contributed by atoms with E-state index in [1.165, 1.54) is 6.92 Å². The average Bonchev–Trinajstić information content (AvgIpc) is 2.08. The Morgan fingerprint density at radius 2 is 2.15 bits per heavy atom. The van der Waals surface area contributed by atoms with Gasteiger partial charge < -0.3 is 10.8 Å². The zero-order valence-electron chi connectivity index (χ0n) is 7.17. The Morgan fingerprint density at radius 3 is 2.69 bits per heavy atom. The highest BCUT2D eigenvalue weighted by Gasteiger charge is 2.17. The molecule has 0 aliphatic rings. The van der Waals surface area contributed by atoms with Gasteiger partial charge in [-0.25, -0.2) is 4.39 Å². The third-order valence-electron chi connectivity index (χ3n) is 1.86. The van der Waals surface area contributed by atoms with Gasteiger partial charge in [0.05, 0.1) is 16.6 Å². The second-order valence-corrected chi connectivity index (χ2v) is 3.76. The van der Waals surface area contributed by atoms with Gasteiger partial charge >= 0.3 is 0 Å². The van der Waals surface area contributed by atoms with Crippen LogP contribution in [0.4, 0.5) is 4.39 Å². The minimum atomic E-state index is -0.760. The summed E-state index contributed by atoms with van der Waals surface area (Å²) in [6, 6.07) is 4.16. The van der Waals surface area contributed by atoms with E-state index in [4.69, 9.17) is 5.73 Å². The normalized spacial score (nSPS) is 15.5. The molecule has 3 N–H and O–H groups in total. The van der Waals surface area contributed by atoms with Crippen molar-refractivity contribution in [3.8, 4) is 0 Å². The zero-order chi connectivity index (χ0) is 10.0. The lowest BCUT2D eigenvalue weighted by molar-refractivity contribution is 0.162. The third kappa shape index (κ3) is 2.27. The van der Waals surface area contributed by atoms with Crippen molar-refractivity contribution in [1.82, 2.24) is 0 Å². The smallest absolute Gasteiger partial charge is 0.142 e. The standard InChI is InChI=1S/C9H11BrFNO/c1-5(13)9(12)6-3-2-4-7(10)8(6)11/h2-5,9,13H,12H2,1H3/t5?,9-/m0/s1. The van der Waals surface area contributed by atoms with E-state index in [1.54, 1.807) is 18.2 Å². The first-order valence-electron chi connectivity index (χ1n) is 3.91. The van der Waals surface area contributed by atoms with Gasteiger partial charge in [0.15, 0.2) is 0 Å². The van der Waals surface area contributed by atoms with Crippen molar-refractivity contribution >= 4 is 15.9 Å². The minimum absolute atomic E-state index is 0.323. The lowest BCUT2D eigenvalue weighted by Gasteiger charge is -2.16. The molecule has 0 saturated heterocycles. The van der Waals surface area contributed by atoms with Crippen molar-refractivity contribution in [2.75, 3.05) is 0 Å². The van der Waals surface area contributed by atoms with Crippen molar-refractivity contribution < 1.29 is 9.50 Å². The second-order valence-electron chi connectivity index (χ2n) is 2.91. The summed E-state index contributed by atoms with van der Waals surface area (Å²) in [6.45, 7) is 1.53. The topological polar surface area (TPSA) is 46.2 Å². The first-order valence-corrected chi connectivity index (χ1v) is 4.71. The van der Waals surface area contributed by atoms with Gasteiger partial charge in [0, 0.05) is 5.56 Å². The molecular weight excluding hydrogens is 237 g/mol. The molecule has 0 amide bonds. The van der Waals surface area contributed by atoms with Gasteiger partial charge in [-0.3, -0.25) is 0 Å². The van der Waals surface area contributed by atoms with Crippen LogP contribution in [0.3, 0.4) is 0 Å². The first-order chi connectivity index (χ1) is 6.04. The van der Waals surface area contributed by atoms with Crippen molar-refractivity contribution in [1.29, 1.82) is 0 Å². The predicted molar refractivity (Wildman–Crippen MR) is 52.7 cm³/mol. The van der Waals surface area contributed by atoms with E-state index < -0.39 is 18.0 Å². The van der Waals surface area contributed by atoms with E-state index in [0.29, 0.717) is 10.0 Å². The molecule has 72 valence electrons. The molecule has 0 heterocycles. The Morgan fingerprint density at radius 1 is 1.54 bits per heavy atom. The van der Waals surface area contributed by atoms with Crippen molar-refractivity contribution in [3.05, 3.63) is 34.1 Å². The van der Waals surface area contributed by atoms with Gasteiger partial charge in [0.1, 0.15) is 5.82 Å². The number of hydrogen-bond donors (Lipinski definition) is 2. The fourth-order valence-electron chi connectivity index (χ4n) is 1.04. The molecule has 2 nitrogen and oxygen atoms in total. The van der Waals surface area contributed by atoms with Crippen LogP contribution in [0, 0.1) is 5.82 Å². The van der Waals surface area contributed by atoms with E-state index in [0.717, 1.165) is 0 Å². The van der Waals surface area contributed by atoms with Gasteiger partial charge in [-0.1, -0.05) is 12.1 Å². The summed E-state index contributed by atoms with van der Waals surface area (Å²) >= 11 is 3.05. The van der Waals surface area contributed by atoms with Crippen molar-refractivity contribution in [2.45, 2.75) is 19.1 Å². The number of rotatable bonds is 2. The van der Waals surface area contributed by atoms with Crippen LogP contribution in [0.15, 0.2) is 22.7 Å². The summed E-state index contributed by atoms with van der Waals surface area (Å²) in [4.78, 5) is 0. The van der Waals surface area contributed by atoms with Gasteiger partial charge in [0.25, 0.3) is 0 Å². The van der Waals surface area contributed by atoms with Crippen LogP contribution in [0.5, 0.6) is 0 Å². The van der Waals surface area contributed by atoms with E-state index in [-0.39, 0.29) is 0 Å². The van der Waals surface area contributed by atoms with E-state index in [1.807, 2.05) is 0 Å². The van der Waals surface area contributed by atoms with Crippen LogP contribution < -0.4 is 5.73 Å². The maximum absolute atomic E-state index is 13.4. The summed E-state index contributed by atoms with van der Waals surface area (Å²) in [5.74, 6) is -0.407. The third-order valence-corrected chi connectivity index (χ3v) is 2.47. The summed E-state index contributed by atoms with van der Waals surface area (Å²) < 4.78 is 13.7. The largest absolute Gasteiger partial charge is 0.391 e. The SMILES string of the molecule is CC(O)[C@H](N)c1cccc(Br)c1F. The van der Waals surface area contributed by atoms with Crippen LogP contribution in [0.25, 0.3) is 0 Å². The molecule has 1 aromatic carbocycles. The van der Waals surface area contributed by atoms with Crippen molar-refractivity contribution in [3.63, 3.8) is 0 Å². The summed E-state index contributed by atoms with van der Waals surface area (Å²) in [7, 11) is 0. The quantitative estimate of drug-likeness (QED) is 0.840. The maximum atomic E-state index is 13.4. The summed E-state index contributed by atoms with van der Waals surface area (Å²) in [5.41, 5.74) is 5.92. The summed E-state index contributed by atoms with van der Waals surface area (Å²) in [6.07, 6.45) is -0.760. The van der Waals surface area contributed by atoms with E-state index >= 15 is 0 Å². The molecule has 1 aromatic rings. The number of hydrogen-bond acceptors (Lipinski definition) is 2. The Labute approximate surface area is 84.7 Å². The molecule has 4 heteroatoms. The highest BCUT2D eigenvalue weighted by atomic mass is 79.9. The number of aliphatic hydroxyl groups excluding tert-OH is 1. The molecule has 0 aliphatic carbocycles. The fourth-order valence-corrected chi connectivity index (χ4v) is 1.42. The Bertz CT molecular complexity index is 304. The molecule has 0 saturated carbocycles. The molecule has 1 unspecified atom stereocenters. The number of nitrogens with two attached hydrogens (primary N) is 1. The van der Waals surface area contributed by atoms with Crippen LogP contribution in [0.1, 0.15) is 18.5 Å². The monoisotopic (exact) mass is 247 g/mol. The molecule has 13 heavy (non-hydrogen) atoms. The molecule has 0 bridgehead atoms. The zero-order valence-corrected chi connectivity index (χ0v) is 8.75. The number of halogens is 2. The van der Waals surface area contributed by atoms with Gasteiger partial charge in [-0.2, -0.15) is 0 Å². The Kier molecular flexibility index (Phi) is 3.41. The van der Waals surface area contributed by atoms with Crippen LogP contribution >= 0.6 is 15.9 Å². The molecule has 2 atom stereocenters. The predicted octanol–water partition coefficient (Wildman–Crippen LogP) is 1.97. The maximum Gasteiger partial charge on any atom is 0.142 e. The van der Waals surface area contributed by atoms with E-state index in [9.17, 15) is 9.50 Å². The van der Waals surface area contributed by atoms with Crippen LogP contribution in [-0.2, 0) is 0 Å². The molecule has 0 aromatic heterocycles. The molecule has 0 spiro atoms.